The minimum Gasteiger partial charge on any atom is -0.461 e. The number of morpholine rings is 1. The number of carbonyl (C=O) groups excluding carboxylic acids is 1. The Bertz CT molecular complexity index is 950. The molecule has 0 saturated carbocycles. The number of hydrogen-bond acceptors (Lipinski definition) is 4. The summed E-state index contributed by atoms with van der Waals surface area (Å²) in [6, 6.07) is 16.4. The number of quaternary nitrogens is 1. The normalized spacial score (nSPS) is 34.2. The lowest BCUT2D eigenvalue weighted by Crippen LogP contribution is -2.60. The zero-order valence-electron chi connectivity index (χ0n) is 17.0. The first-order chi connectivity index (χ1) is 13.9. The molecule has 5 heteroatoms. The van der Waals surface area contributed by atoms with Crippen LogP contribution in [-0.4, -0.2) is 54.9 Å². The third-order valence-corrected chi connectivity index (χ3v) is 7.79. The van der Waals surface area contributed by atoms with E-state index < -0.39 is 5.41 Å². The van der Waals surface area contributed by atoms with Crippen molar-refractivity contribution in [3.63, 3.8) is 0 Å². The maximum Gasteiger partial charge on any atom is 0.321 e. The molecule has 150 valence electrons. The number of esters is 1. The van der Waals surface area contributed by atoms with Gasteiger partial charge in [0.25, 0.3) is 0 Å². The van der Waals surface area contributed by atoms with E-state index in [4.69, 9.17) is 14.2 Å². The lowest BCUT2D eigenvalue weighted by molar-refractivity contribution is -0.938. The lowest BCUT2D eigenvalue weighted by atomic mass is 9.74. The summed E-state index contributed by atoms with van der Waals surface area (Å²) in [6.07, 6.45) is 2.37. The van der Waals surface area contributed by atoms with Crippen molar-refractivity contribution < 1.29 is 23.5 Å². The Kier molecular flexibility index (Phi) is 3.38. The van der Waals surface area contributed by atoms with Crippen LogP contribution in [0.15, 0.2) is 48.5 Å². The van der Waals surface area contributed by atoms with Gasteiger partial charge in [0, 0.05) is 24.0 Å². The van der Waals surface area contributed by atoms with Crippen LogP contribution in [0.25, 0.3) is 0 Å². The number of epoxide rings is 1. The summed E-state index contributed by atoms with van der Waals surface area (Å²) >= 11 is 0. The number of nitrogens with zero attached hydrogens (tertiary/aromatic N) is 1. The SMILES string of the molecule is CC1(C(=O)OC2CC3C4OC4C(C2)[N+]3(C)C)c2ccccc2Oc2ccccc21. The fraction of sp³-hybridized carbons (Fsp3) is 0.458. The van der Waals surface area contributed by atoms with Crippen LogP contribution in [0.5, 0.6) is 11.5 Å². The summed E-state index contributed by atoms with van der Waals surface area (Å²) in [7, 11) is 4.57. The van der Waals surface area contributed by atoms with Crippen molar-refractivity contribution in [1.29, 1.82) is 0 Å². The van der Waals surface area contributed by atoms with Crippen LogP contribution in [0.1, 0.15) is 30.9 Å². The Morgan fingerprint density at radius 2 is 1.48 bits per heavy atom. The van der Waals surface area contributed by atoms with Crippen molar-refractivity contribution in [2.75, 3.05) is 14.1 Å². The topological polar surface area (TPSA) is 48.1 Å². The van der Waals surface area contributed by atoms with Crippen molar-refractivity contribution in [3.05, 3.63) is 59.7 Å². The number of carbonyl (C=O) groups is 1. The molecular weight excluding hydrogens is 366 g/mol. The van der Waals surface area contributed by atoms with Crippen molar-refractivity contribution in [2.45, 2.75) is 55.6 Å². The average Bonchev–Trinajstić information content (AvgIpc) is 3.46. The molecule has 2 aromatic rings. The second-order valence-electron chi connectivity index (χ2n) is 9.55. The summed E-state index contributed by atoms with van der Waals surface area (Å²) in [6.45, 7) is 1.97. The minimum absolute atomic E-state index is 0.0564. The Balaban J connectivity index is 1.34. The minimum atomic E-state index is -0.883. The van der Waals surface area contributed by atoms with Crippen molar-refractivity contribution in [3.8, 4) is 11.5 Å². The van der Waals surface area contributed by atoms with Gasteiger partial charge >= 0.3 is 5.97 Å². The van der Waals surface area contributed by atoms with Crippen LogP contribution in [0.2, 0.25) is 0 Å². The van der Waals surface area contributed by atoms with Gasteiger partial charge in [-0.05, 0) is 19.1 Å². The summed E-state index contributed by atoms with van der Waals surface area (Å²) in [5, 5.41) is 0. The van der Waals surface area contributed by atoms with Crippen LogP contribution in [-0.2, 0) is 19.7 Å². The van der Waals surface area contributed by atoms with E-state index in [0.717, 1.165) is 40.0 Å². The first kappa shape index (κ1) is 17.5. The smallest absolute Gasteiger partial charge is 0.321 e. The molecule has 3 saturated heterocycles. The average molecular weight is 392 g/mol. The maximum atomic E-state index is 13.7. The second kappa shape index (κ2) is 5.61. The van der Waals surface area contributed by atoms with Gasteiger partial charge in [-0.3, -0.25) is 4.79 Å². The molecule has 2 aromatic carbocycles. The summed E-state index contributed by atoms with van der Waals surface area (Å²) in [4.78, 5) is 13.7. The van der Waals surface area contributed by atoms with E-state index in [9.17, 15) is 4.79 Å². The van der Waals surface area contributed by atoms with Gasteiger partial charge in [0.05, 0.1) is 14.1 Å². The molecule has 29 heavy (non-hydrogen) atoms. The summed E-state index contributed by atoms with van der Waals surface area (Å²) in [5.74, 6) is 1.26. The number of hydrogen-bond donors (Lipinski definition) is 0. The molecule has 4 aliphatic rings. The standard InChI is InChI=1S/C24H26NO4/c1-24(15-8-4-6-10-19(15)28-20-11-7-5-9-16(20)24)23(26)27-14-12-17-21-22(29-21)18(13-14)25(17,2)3/h4-11,14,17-18,21-22H,12-13H2,1-3H3/q+1. The van der Waals surface area contributed by atoms with Gasteiger partial charge in [-0.2, -0.15) is 0 Å². The van der Waals surface area contributed by atoms with Crippen LogP contribution >= 0.6 is 0 Å². The molecule has 4 heterocycles. The van der Waals surface area contributed by atoms with Crippen LogP contribution in [0.3, 0.4) is 0 Å². The maximum absolute atomic E-state index is 13.7. The summed E-state index contributed by atoms with van der Waals surface area (Å²) < 4.78 is 19.2. The van der Waals surface area contributed by atoms with Crippen molar-refractivity contribution in [2.24, 2.45) is 0 Å². The molecular formula is C24H26NO4+. The van der Waals surface area contributed by atoms with Gasteiger partial charge in [0.2, 0.25) is 0 Å². The third-order valence-electron chi connectivity index (χ3n) is 7.79. The van der Waals surface area contributed by atoms with E-state index in [0.29, 0.717) is 24.3 Å². The molecule has 0 aliphatic carbocycles. The second-order valence-corrected chi connectivity index (χ2v) is 9.55. The highest BCUT2D eigenvalue weighted by atomic mass is 16.6. The fourth-order valence-corrected chi connectivity index (χ4v) is 5.99. The molecule has 6 rings (SSSR count). The van der Waals surface area contributed by atoms with Crippen molar-refractivity contribution in [1.82, 2.24) is 0 Å². The molecule has 0 radical (unpaired) electrons. The van der Waals surface area contributed by atoms with Crippen molar-refractivity contribution >= 4 is 5.97 Å². The Hall–Kier alpha value is -2.37. The molecule has 4 unspecified atom stereocenters. The van der Waals surface area contributed by atoms with Gasteiger partial charge < -0.3 is 18.7 Å². The molecule has 2 bridgehead atoms. The molecule has 5 nitrogen and oxygen atoms in total. The zero-order valence-corrected chi connectivity index (χ0v) is 17.0. The van der Waals surface area contributed by atoms with Gasteiger partial charge in [-0.15, -0.1) is 0 Å². The molecule has 4 atom stereocenters. The number of likely N-dealkylation sites (N-methyl/N-ethyl adjacent to an activating group) is 1. The lowest BCUT2D eigenvalue weighted by Gasteiger charge is -2.46. The number of fused-ring (bicyclic) bond motifs is 7. The molecule has 3 fully saturated rings. The highest BCUT2D eigenvalue weighted by Gasteiger charge is 2.71. The van der Waals surface area contributed by atoms with Gasteiger partial charge in [-0.1, -0.05) is 36.4 Å². The Morgan fingerprint density at radius 1 is 0.966 bits per heavy atom. The largest absolute Gasteiger partial charge is 0.461 e. The first-order valence-electron chi connectivity index (χ1n) is 10.5. The predicted molar refractivity (Wildman–Crippen MR) is 107 cm³/mol. The van der Waals surface area contributed by atoms with Crippen LogP contribution < -0.4 is 4.74 Å². The van der Waals surface area contributed by atoms with E-state index in [1.807, 2.05) is 55.5 Å². The Labute approximate surface area is 170 Å². The molecule has 0 amide bonds. The first-order valence-corrected chi connectivity index (χ1v) is 10.5. The number of para-hydroxylation sites is 2. The van der Waals surface area contributed by atoms with E-state index >= 15 is 0 Å². The number of rotatable bonds is 2. The molecule has 0 spiro atoms. The van der Waals surface area contributed by atoms with Crippen LogP contribution in [0, 0.1) is 0 Å². The van der Waals surface area contributed by atoms with E-state index in [-0.39, 0.29) is 12.1 Å². The fourth-order valence-electron chi connectivity index (χ4n) is 5.99. The number of ether oxygens (including phenoxy) is 3. The molecule has 4 aliphatic heterocycles. The third kappa shape index (κ3) is 2.26. The quantitative estimate of drug-likeness (QED) is 0.447. The van der Waals surface area contributed by atoms with E-state index in [1.165, 1.54) is 0 Å². The van der Waals surface area contributed by atoms with E-state index in [1.54, 1.807) is 0 Å². The highest BCUT2D eigenvalue weighted by Crippen LogP contribution is 2.53. The monoisotopic (exact) mass is 392 g/mol. The van der Waals surface area contributed by atoms with Gasteiger partial charge in [0.15, 0.2) is 0 Å². The van der Waals surface area contributed by atoms with E-state index in [2.05, 4.69) is 14.1 Å². The zero-order chi connectivity index (χ0) is 20.0. The van der Waals surface area contributed by atoms with Crippen LogP contribution in [0.4, 0.5) is 0 Å². The Morgan fingerprint density at radius 3 is 2.03 bits per heavy atom. The van der Waals surface area contributed by atoms with Gasteiger partial charge in [-0.25, -0.2) is 0 Å². The highest BCUT2D eigenvalue weighted by molar-refractivity contribution is 5.90. The summed E-state index contributed by atoms with van der Waals surface area (Å²) in [5.41, 5.74) is 0.848. The number of benzene rings is 2. The molecule has 0 N–H and O–H groups in total. The molecule has 0 aromatic heterocycles. The predicted octanol–water partition coefficient (Wildman–Crippen LogP) is 3.40. The number of piperidine rings is 1. The van der Waals surface area contributed by atoms with Gasteiger partial charge in [0.1, 0.15) is 47.3 Å².